The van der Waals surface area contributed by atoms with Crippen LogP contribution in [0, 0.1) is 11.3 Å². The highest BCUT2D eigenvalue weighted by molar-refractivity contribution is 5.71. The smallest absolute Gasteiger partial charge is 0.387 e. The van der Waals surface area contributed by atoms with Gasteiger partial charge in [0.15, 0.2) is 0 Å². The number of carbonyl (C=O) groups is 1. The number of ether oxygens (including phenoxy) is 1. The molecule has 96 valence electrons. The lowest BCUT2D eigenvalue weighted by Gasteiger charge is -2.11. The van der Waals surface area contributed by atoms with Crippen molar-refractivity contribution in [2.45, 2.75) is 19.6 Å². The Hall–Kier alpha value is -2.20. The van der Waals surface area contributed by atoms with Gasteiger partial charge >= 0.3 is 12.6 Å². The van der Waals surface area contributed by atoms with Gasteiger partial charge in [-0.2, -0.15) is 14.0 Å². The van der Waals surface area contributed by atoms with Gasteiger partial charge in [0, 0.05) is 0 Å². The number of nitriles is 1. The zero-order valence-corrected chi connectivity index (χ0v) is 9.06. The van der Waals surface area contributed by atoms with Gasteiger partial charge in [0.2, 0.25) is 0 Å². The average molecular weight is 257 g/mol. The first kappa shape index (κ1) is 13.9. The Bertz CT molecular complexity index is 497. The second-order valence-electron chi connectivity index (χ2n) is 3.35. The summed E-state index contributed by atoms with van der Waals surface area (Å²) in [5.41, 5.74) is -0.0139. The number of alkyl halides is 2. The minimum absolute atomic E-state index is 0.0481. The minimum Gasteiger partial charge on any atom is -0.481 e. The van der Waals surface area contributed by atoms with Crippen LogP contribution in [-0.4, -0.2) is 22.8 Å². The van der Waals surface area contributed by atoms with Crippen LogP contribution >= 0.6 is 0 Å². The monoisotopic (exact) mass is 257 g/mol. The Morgan fingerprint density at radius 1 is 1.50 bits per heavy atom. The number of aliphatic carboxylic acids is 1. The summed E-state index contributed by atoms with van der Waals surface area (Å²) in [5.74, 6) is -1.60. The van der Waals surface area contributed by atoms with E-state index < -0.39 is 31.4 Å². The first-order valence-corrected chi connectivity index (χ1v) is 4.81. The van der Waals surface area contributed by atoms with Crippen molar-refractivity contribution in [3.63, 3.8) is 0 Å². The highest BCUT2D eigenvalue weighted by atomic mass is 19.3. The fourth-order valence-corrected chi connectivity index (χ4v) is 1.45. The maximum absolute atomic E-state index is 12.2. The van der Waals surface area contributed by atoms with Crippen LogP contribution < -0.4 is 4.74 Å². The summed E-state index contributed by atoms with van der Waals surface area (Å²) in [6.45, 7) is -3.71. The predicted molar refractivity (Wildman–Crippen MR) is 55.1 cm³/mol. The number of carboxylic acid groups (broad SMARTS) is 1. The summed E-state index contributed by atoms with van der Waals surface area (Å²) >= 11 is 0. The van der Waals surface area contributed by atoms with Crippen LogP contribution in [-0.2, 0) is 17.8 Å². The molecular weight excluding hydrogens is 248 g/mol. The summed E-state index contributed by atoms with van der Waals surface area (Å²) in [6.07, 6.45) is -0.418. The largest absolute Gasteiger partial charge is 0.481 e. The molecule has 0 fully saturated rings. The van der Waals surface area contributed by atoms with Gasteiger partial charge in [-0.15, -0.1) is 0 Å². The summed E-state index contributed by atoms with van der Waals surface area (Å²) in [4.78, 5) is 10.5. The third kappa shape index (κ3) is 3.40. The Balaban J connectivity index is 3.27. The maximum Gasteiger partial charge on any atom is 0.387 e. The van der Waals surface area contributed by atoms with E-state index in [0.29, 0.717) is 0 Å². The third-order valence-electron chi connectivity index (χ3n) is 2.10. The number of benzene rings is 1. The van der Waals surface area contributed by atoms with Gasteiger partial charge in [-0.3, -0.25) is 4.79 Å². The second kappa shape index (κ2) is 5.93. The van der Waals surface area contributed by atoms with Crippen molar-refractivity contribution < 1.29 is 28.5 Å². The second-order valence-corrected chi connectivity index (χ2v) is 3.35. The van der Waals surface area contributed by atoms with Crippen molar-refractivity contribution in [3.8, 4) is 11.8 Å². The van der Waals surface area contributed by atoms with E-state index in [1.54, 1.807) is 6.07 Å². The molecule has 0 aliphatic rings. The van der Waals surface area contributed by atoms with Gasteiger partial charge in [0.25, 0.3) is 0 Å². The molecule has 18 heavy (non-hydrogen) atoms. The Morgan fingerprint density at radius 2 is 2.17 bits per heavy atom. The normalized spacial score (nSPS) is 10.2. The van der Waals surface area contributed by atoms with Crippen LogP contribution in [0.4, 0.5) is 8.78 Å². The van der Waals surface area contributed by atoms with Gasteiger partial charge < -0.3 is 14.9 Å². The standard InChI is InChI=1S/C11H9F2NO4/c12-11(13)18-9-2-6(3-10(16)17)1-7(5-15)8(9)4-14/h1-2,11,15H,3,5H2,(H,16,17). The molecule has 0 unspecified atom stereocenters. The molecule has 2 N–H and O–H groups in total. The van der Waals surface area contributed by atoms with Crippen molar-refractivity contribution in [2.24, 2.45) is 0 Å². The van der Waals surface area contributed by atoms with E-state index in [-0.39, 0.29) is 16.7 Å². The molecule has 0 heterocycles. The molecule has 0 aromatic heterocycles. The van der Waals surface area contributed by atoms with Gasteiger partial charge in [-0.05, 0) is 17.2 Å². The number of rotatable bonds is 5. The number of aliphatic hydroxyl groups excluding tert-OH is 1. The highest BCUT2D eigenvalue weighted by Crippen LogP contribution is 2.26. The van der Waals surface area contributed by atoms with E-state index in [4.69, 9.17) is 15.5 Å². The van der Waals surface area contributed by atoms with Crippen molar-refractivity contribution in [3.05, 3.63) is 28.8 Å². The van der Waals surface area contributed by atoms with E-state index in [2.05, 4.69) is 4.74 Å². The van der Waals surface area contributed by atoms with E-state index in [9.17, 15) is 13.6 Å². The molecule has 0 spiro atoms. The topological polar surface area (TPSA) is 90.5 Å². The van der Waals surface area contributed by atoms with E-state index in [1.165, 1.54) is 6.07 Å². The van der Waals surface area contributed by atoms with Crippen molar-refractivity contribution in [2.75, 3.05) is 0 Å². The number of carboxylic acids is 1. The van der Waals surface area contributed by atoms with Crippen molar-refractivity contribution >= 4 is 5.97 Å². The van der Waals surface area contributed by atoms with Crippen LogP contribution in [0.5, 0.6) is 5.75 Å². The molecule has 0 aliphatic heterocycles. The summed E-state index contributed by atoms with van der Waals surface area (Å²) in [5, 5.41) is 26.5. The predicted octanol–water partition coefficient (Wildman–Crippen LogP) is 1.28. The molecule has 1 aromatic rings. The van der Waals surface area contributed by atoms with E-state index >= 15 is 0 Å². The zero-order valence-electron chi connectivity index (χ0n) is 9.06. The number of hydrogen-bond donors (Lipinski definition) is 2. The molecule has 0 saturated heterocycles. The summed E-state index contributed by atoms with van der Waals surface area (Å²) < 4.78 is 28.5. The van der Waals surface area contributed by atoms with Gasteiger partial charge in [-0.25, -0.2) is 0 Å². The molecule has 0 saturated carbocycles. The third-order valence-corrected chi connectivity index (χ3v) is 2.10. The highest BCUT2D eigenvalue weighted by Gasteiger charge is 2.16. The van der Waals surface area contributed by atoms with Gasteiger partial charge in [0.1, 0.15) is 11.8 Å². The molecule has 0 bridgehead atoms. The number of nitrogens with zero attached hydrogens (tertiary/aromatic N) is 1. The lowest BCUT2D eigenvalue weighted by molar-refractivity contribution is -0.136. The van der Waals surface area contributed by atoms with Crippen LogP contribution in [0.1, 0.15) is 16.7 Å². The van der Waals surface area contributed by atoms with Crippen LogP contribution in [0.2, 0.25) is 0 Å². The number of aliphatic hydroxyl groups is 1. The van der Waals surface area contributed by atoms with Crippen molar-refractivity contribution in [1.82, 2.24) is 0 Å². The Morgan fingerprint density at radius 3 is 2.61 bits per heavy atom. The van der Waals surface area contributed by atoms with Gasteiger partial charge in [0.05, 0.1) is 18.6 Å². The maximum atomic E-state index is 12.2. The minimum atomic E-state index is -3.14. The Labute approximate surface area is 101 Å². The molecule has 0 aliphatic carbocycles. The van der Waals surface area contributed by atoms with Crippen LogP contribution in [0.25, 0.3) is 0 Å². The quantitative estimate of drug-likeness (QED) is 0.829. The van der Waals surface area contributed by atoms with Crippen LogP contribution in [0.15, 0.2) is 12.1 Å². The lowest BCUT2D eigenvalue weighted by Crippen LogP contribution is -2.08. The average Bonchev–Trinajstić information content (AvgIpc) is 2.26. The Kier molecular flexibility index (Phi) is 4.57. The molecule has 7 heteroatoms. The fourth-order valence-electron chi connectivity index (χ4n) is 1.45. The summed E-state index contributed by atoms with van der Waals surface area (Å²) in [7, 11) is 0. The molecule has 0 atom stereocenters. The SMILES string of the molecule is N#Cc1c(CO)cc(CC(=O)O)cc1OC(F)F. The van der Waals surface area contributed by atoms with Gasteiger partial charge in [-0.1, -0.05) is 6.07 Å². The molecular formula is C11H9F2NO4. The molecule has 1 rings (SSSR count). The first-order valence-electron chi connectivity index (χ1n) is 4.81. The first-order chi connectivity index (χ1) is 8.47. The molecule has 5 nitrogen and oxygen atoms in total. The van der Waals surface area contributed by atoms with E-state index in [1.807, 2.05) is 0 Å². The molecule has 0 amide bonds. The van der Waals surface area contributed by atoms with Crippen molar-refractivity contribution in [1.29, 1.82) is 5.26 Å². The molecule has 0 radical (unpaired) electrons. The summed E-state index contributed by atoms with van der Waals surface area (Å²) in [6, 6.07) is 3.96. The van der Waals surface area contributed by atoms with Crippen LogP contribution in [0.3, 0.4) is 0 Å². The fraction of sp³-hybridized carbons (Fsp3) is 0.273. The molecule has 1 aromatic carbocycles. The number of hydrogen-bond acceptors (Lipinski definition) is 4. The lowest BCUT2D eigenvalue weighted by atomic mass is 10.0. The zero-order chi connectivity index (χ0) is 13.7. The van der Waals surface area contributed by atoms with E-state index in [0.717, 1.165) is 6.07 Å². The number of halogens is 2.